The van der Waals surface area contributed by atoms with E-state index in [2.05, 4.69) is 5.32 Å². The molecule has 2 rings (SSSR count). The summed E-state index contributed by atoms with van der Waals surface area (Å²) in [5, 5.41) is 13.2. The van der Waals surface area contributed by atoms with E-state index in [0.29, 0.717) is 5.56 Å². The average molecular weight is 328 g/mol. The van der Waals surface area contributed by atoms with Crippen molar-refractivity contribution < 1.29 is 14.6 Å². The van der Waals surface area contributed by atoms with Gasteiger partial charge in [0.2, 0.25) is 0 Å². The van der Waals surface area contributed by atoms with Crippen LogP contribution in [0.2, 0.25) is 0 Å². The Morgan fingerprint density at radius 1 is 1.17 bits per heavy atom. The van der Waals surface area contributed by atoms with Gasteiger partial charge in [-0.25, -0.2) is 0 Å². The lowest BCUT2D eigenvalue weighted by Gasteiger charge is -2.26. The van der Waals surface area contributed by atoms with Crippen molar-refractivity contribution in [2.75, 3.05) is 26.0 Å². The maximum atomic E-state index is 12.7. The van der Waals surface area contributed by atoms with E-state index in [1.807, 2.05) is 42.5 Å². The van der Waals surface area contributed by atoms with Gasteiger partial charge in [0.1, 0.15) is 5.75 Å². The topological polar surface area (TPSA) is 61.8 Å². The van der Waals surface area contributed by atoms with Crippen LogP contribution in [0.15, 0.2) is 48.5 Å². The molecule has 2 aromatic carbocycles. The average Bonchev–Trinajstić information content (AvgIpc) is 2.54. The number of likely N-dealkylation sites (N-methyl/N-ethyl adjacent to an activating group) is 1. The number of carbonyl (C=O) groups is 1. The lowest BCUT2D eigenvalue weighted by molar-refractivity contribution is 0.0368. The molecule has 0 aromatic heterocycles. The zero-order chi connectivity index (χ0) is 17.7. The van der Waals surface area contributed by atoms with Crippen LogP contribution in [0.4, 0.5) is 11.4 Å². The van der Waals surface area contributed by atoms with Crippen LogP contribution in [-0.2, 0) is 0 Å². The standard InChI is InChI=1S/C19H24N2O3/c1-19(2,23)13-21(3)18(22)16-7-5-6-8-17(16)20-14-9-11-15(24-4)12-10-14/h5-12,20,23H,13H2,1-4H3. The quantitative estimate of drug-likeness (QED) is 0.854. The molecule has 0 saturated carbocycles. The van der Waals surface area contributed by atoms with E-state index in [1.165, 1.54) is 4.90 Å². The number of amides is 1. The van der Waals surface area contributed by atoms with Crippen molar-refractivity contribution in [3.8, 4) is 5.75 Å². The number of nitrogens with zero attached hydrogens (tertiary/aromatic N) is 1. The molecule has 0 atom stereocenters. The fourth-order valence-electron chi connectivity index (χ4n) is 2.47. The number of rotatable bonds is 6. The number of hydrogen-bond donors (Lipinski definition) is 2. The number of aliphatic hydroxyl groups is 1. The zero-order valence-electron chi connectivity index (χ0n) is 14.5. The molecule has 0 radical (unpaired) electrons. The van der Waals surface area contributed by atoms with Crippen molar-refractivity contribution in [3.05, 3.63) is 54.1 Å². The third-order valence-corrected chi connectivity index (χ3v) is 3.50. The summed E-state index contributed by atoms with van der Waals surface area (Å²) in [5.41, 5.74) is 1.19. The van der Waals surface area contributed by atoms with Crippen molar-refractivity contribution in [2.45, 2.75) is 19.4 Å². The van der Waals surface area contributed by atoms with Gasteiger partial charge in [-0.3, -0.25) is 4.79 Å². The van der Waals surface area contributed by atoms with Crippen LogP contribution >= 0.6 is 0 Å². The second-order valence-corrected chi connectivity index (χ2v) is 6.37. The predicted octanol–water partition coefficient (Wildman–Crippen LogP) is 3.28. The number of ether oxygens (including phenoxy) is 1. The highest BCUT2D eigenvalue weighted by atomic mass is 16.5. The van der Waals surface area contributed by atoms with Crippen LogP contribution in [0.1, 0.15) is 24.2 Å². The molecule has 2 N–H and O–H groups in total. The van der Waals surface area contributed by atoms with E-state index >= 15 is 0 Å². The van der Waals surface area contributed by atoms with Gasteiger partial charge in [-0.15, -0.1) is 0 Å². The number of nitrogens with one attached hydrogen (secondary N) is 1. The Morgan fingerprint density at radius 3 is 2.38 bits per heavy atom. The zero-order valence-corrected chi connectivity index (χ0v) is 14.5. The Morgan fingerprint density at radius 2 is 1.79 bits per heavy atom. The van der Waals surface area contributed by atoms with Crippen LogP contribution < -0.4 is 10.1 Å². The molecule has 0 fully saturated rings. The Bertz CT molecular complexity index is 691. The summed E-state index contributed by atoms with van der Waals surface area (Å²) in [5.74, 6) is 0.628. The van der Waals surface area contributed by atoms with E-state index < -0.39 is 5.60 Å². The van der Waals surface area contributed by atoms with E-state index in [1.54, 1.807) is 34.1 Å². The molecule has 0 bridgehead atoms. The molecule has 0 aliphatic rings. The minimum Gasteiger partial charge on any atom is -0.497 e. The molecule has 1 amide bonds. The fraction of sp³-hybridized carbons (Fsp3) is 0.316. The molecule has 0 aliphatic carbocycles. The maximum Gasteiger partial charge on any atom is 0.255 e. The van der Waals surface area contributed by atoms with E-state index in [4.69, 9.17) is 4.74 Å². The molecule has 2 aromatic rings. The summed E-state index contributed by atoms with van der Waals surface area (Å²) in [4.78, 5) is 14.2. The third kappa shape index (κ3) is 4.73. The molecule has 0 heterocycles. The largest absolute Gasteiger partial charge is 0.497 e. The Balaban J connectivity index is 2.21. The molecule has 0 saturated heterocycles. The molecule has 0 aliphatic heterocycles. The Hall–Kier alpha value is -2.53. The highest BCUT2D eigenvalue weighted by Crippen LogP contribution is 2.24. The normalized spacial score (nSPS) is 11.0. The first-order valence-electron chi connectivity index (χ1n) is 7.78. The minimum atomic E-state index is -0.942. The van der Waals surface area contributed by atoms with Gasteiger partial charge in [0.25, 0.3) is 5.91 Å². The van der Waals surface area contributed by atoms with Gasteiger partial charge in [0, 0.05) is 19.3 Å². The number of carbonyl (C=O) groups excluding carboxylic acids is 1. The van der Waals surface area contributed by atoms with Crippen LogP contribution in [0.5, 0.6) is 5.75 Å². The number of hydrogen-bond acceptors (Lipinski definition) is 4. The first-order valence-corrected chi connectivity index (χ1v) is 7.78. The van der Waals surface area contributed by atoms with Gasteiger partial charge in [-0.05, 0) is 50.2 Å². The van der Waals surface area contributed by atoms with E-state index in [-0.39, 0.29) is 12.5 Å². The summed E-state index contributed by atoms with van der Waals surface area (Å²) >= 11 is 0. The summed E-state index contributed by atoms with van der Waals surface area (Å²) in [6, 6.07) is 14.8. The highest BCUT2D eigenvalue weighted by Gasteiger charge is 2.22. The minimum absolute atomic E-state index is 0.145. The molecule has 0 spiro atoms. The van der Waals surface area contributed by atoms with Gasteiger partial charge in [-0.2, -0.15) is 0 Å². The predicted molar refractivity (Wildman–Crippen MR) is 96.0 cm³/mol. The van der Waals surface area contributed by atoms with Gasteiger partial charge in [-0.1, -0.05) is 12.1 Å². The van der Waals surface area contributed by atoms with Crippen LogP contribution in [0, 0.1) is 0 Å². The molecule has 128 valence electrons. The van der Waals surface area contributed by atoms with Crippen molar-refractivity contribution in [1.82, 2.24) is 4.90 Å². The smallest absolute Gasteiger partial charge is 0.255 e. The summed E-state index contributed by atoms with van der Waals surface area (Å²) < 4.78 is 5.15. The number of anilines is 2. The molecule has 0 unspecified atom stereocenters. The van der Waals surface area contributed by atoms with E-state index in [0.717, 1.165) is 17.1 Å². The number of methoxy groups -OCH3 is 1. The highest BCUT2D eigenvalue weighted by molar-refractivity contribution is 6.00. The fourth-order valence-corrected chi connectivity index (χ4v) is 2.47. The SMILES string of the molecule is COc1ccc(Nc2ccccc2C(=O)N(C)CC(C)(C)O)cc1. The number of para-hydroxylation sites is 1. The summed E-state index contributed by atoms with van der Waals surface area (Å²) in [6.45, 7) is 3.61. The van der Waals surface area contributed by atoms with Crippen molar-refractivity contribution in [2.24, 2.45) is 0 Å². The van der Waals surface area contributed by atoms with Gasteiger partial charge < -0.3 is 20.1 Å². The third-order valence-electron chi connectivity index (χ3n) is 3.50. The molecular weight excluding hydrogens is 304 g/mol. The van der Waals surface area contributed by atoms with Gasteiger partial charge in [0.05, 0.1) is 24.0 Å². The lowest BCUT2D eigenvalue weighted by Crippen LogP contribution is -2.39. The van der Waals surface area contributed by atoms with Crippen LogP contribution in [0.25, 0.3) is 0 Å². The first-order chi connectivity index (χ1) is 11.3. The van der Waals surface area contributed by atoms with Gasteiger partial charge >= 0.3 is 0 Å². The Labute approximate surface area is 142 Å². The molecular formula is C19H24N2O3. The van der Waals surface area contributed by atoms with Crippen molar-refractivity contribution >= 4 is 17.3 Å². The van der Waals surface area contributed by atoms with Crippen molar-refractivity contribution in [3.63, 3.8) is 0 Å². The monoisotopic (exact) mass is 328 g/mol. The molecule has 5 heteroatoms. The van der Waals surface area contributed by atoms with Crippen molar-refractivity contribution in [1.29, 1.82) is 0 Å². The lowest BCUT2D eigenvalue weighted by atomic mass is 10.1. The molecule has 5 nitrogen and oxygen atoms in total. The maximum absolute atomic E-state index is 12.7. The van der Waals surface area contributed by atoms with Gasteiger partial charge in [0.15, 0.2) is 0 Å². The Kier molecular flexibility index (Phi) is 5.46. The second-order valence-electron chi connectivity index (χ2n) is 6.37. The first kappa shape index (κ1) is 17.8. The second kappa shape index (κ2) is 7.36. The summed E-state index contributed by atoms with van der Waals surface area (Å²) in [6.07, 6.45) is 0. The summed E-state index contributed by atoms with van der Waals surface area (Å²) in [7, 11) is 3.30. The number of benzene rings is 2. The van der Waals surface area contributed by atoms with Crippen LogP contribution in [-0.4, -0.2) is 42.2 Å². The van der Waals surface area contributed by atoms with Crippen LogP contribution in [0.3, 0.4) is 0 Å². The molecule has 24 heavy (non-hydrogen) atoms. The van der Waals surface area contributed by atoms with E-state index in [9.17, 15) is 9.90 Å².